The number of aliphatic carboxylic acids is 1. The monoisotopic (exact) mass is 288 g/mol. The molecule has 5 heteroatoms. The van der Waals surface area contributed by atoms with E-state index in [0.29, 0.717) is 32.5 Å². The summed E-state index contributed by atoms with van der Waals surface area (Å²) < 4.78 is 0. The van der Waals surface area contributed by atoms with E-state index >= 15 is 0 Å². The van der Waals surface area contributed by atoms with Crippen molar-refractivity contribution in [3.8, 4) is 0 Å². The van der Waals surface area contributed by atoms with Crippen molar-refractivity contribution < 1.29 is 14.7 Å². The number of hydrogen-bond acceptors (Lipinski definition) is 3. The van der Waals surface area contributed by atoms with Gasteiger partial charge in [-0.3, -0.25) is 9.59 Å². The molecular weight excluding hydrogens is 268 g/mol. The number of nitrogens with zero attached hydrogens (tertiary/aromatic N) is 1. The number of benzene rings is 1. The molecule has 0 bridgehead atoms. The summed E-state index contributed by atoms with van der Waals surface area (Å²) in [4.78, 5) is 25.4. The van der Waals surface area contributed by atoms with Gasteiger partial charge in [0.05, 0.1) is 12.0 Å². The van der Waals surface area contributed by atoms with E-state index in [1.807, 2.05) is 12.1 Å². The predicted molar refractivity (Wildman–Crippen MR) is 77.7 cm³/mol. The van der Waals surface area contributed by atoms with Gasteiger partial charge < -0.3 is 15.3 Å². The Balaban J connectivity index is 1.67. The van der Waals surface area contributed by atoms with Crippen molar-refractivity contribution in [3.05, 3.63) is 35.4 Å². The summed E-state index contributed by atoms with van der Waals surface area (Å²) in [5.74, 6) is -1.18. The second-order valence-corrected chi connectivity index (χ2v) is 5.87. The molecule has 0 saturated carbocycles. The summed E-state index contributed by atoms with van der Waals surface area (Å²) in [5, 5.41) is 12.4. The van der Waals surface area contributed by atoms with Gasteiger partial charge in [0.2, 0.25) is 5.91 Å². The number of likely N-dealkylation sites (tertiary alicyclic amines) is 1. The quantitative estimate of drug-likeness (QED) is 0.852. The Morgan fingerprint density at radius 2 is 2.00 bits per heavy atom. The average Bonchev–Trinajstić information content (AvgIpc) is 2.53. The highest BCUT2D eigenvalue weighted by atomic mass is 16.4. The molecule has 21 heavy (non-hydrogen) atoms. The number of carboxylic acids is 1. The highest BCUT2D eigenvalue weighted by Crippen LogP contribution is 2.21. The number of piperidine rings is 1. The van der Waals surface area contributed by atoms with E-state index < -0.39 is 11.9 Å². The summed E-state index contributed by atoms with van der Waals surface area (Å²) in [5.41, 5.74) is 2.45. The summed E-state index contributed by atoms with van der Waals surface area (Å²) >= 11 is 0. The van der Waals surface area contributed by atoms with Crippen molar-refractivity contribution in [2.45, 2.75) is 31.8 Å². The number of carboxylic acid groups (broad SMARTS) is 1. The second-order valence-electron chi connectivity index (χ2n) is 5.87. The van der Waals surface area contributed by atoms with E-state index in [1.54, 1.807) is 4.90 Å². The Hall–Kier alpha value is -1.88. The number of carbonyl (C=O) groups excluding carboxylic acids is 1. The molecule has 0 spiro atoms. The van der Waals surface area contributed by atoms with E-state index in [9.17, 15) is 9.59 Å². The molecule has 5 nitrogen and oxygen atoms in total. The molecule has 0 unspecified atom stereocenters. The maximum absolute atomic E-state index is 12.6. The van der Waals surface area contributed by atoms with E-state index in [1.165, 1.54) is 11.1 Å². The topological polar surface area (TPSA) is 69.6 Å². The molecule has 0 aliphatic carbocycles. The van der Waals surface area contributed by atoms with Crippen LogP contribution in [0.15, 0.2) is 24.3 Å². The van der Waals surface area contributed by atoms with Gasteiger partial charge in [0, 0.05) is 19.6 Å². The zero-order valence-corrected chi connectivity index (χ0v) is 11.9. The molecule has 3 rings (SSSR count). The Bertz CT molecular complexity index is 558. The molecule has 1 aromatic rings. The predicted octanol–water partition coefficient (Wildman–Crippen LogP) is 1.02. The highest BCUT2D eigenvalue weighted by molar-refractivity contribution is 5.83. The van der Waals surface area contributed by atoms with Gasteiger partial charge in [0.25, 0.3) is 0 Å². The van der Waals surface area contributed by atoms with Crippen LogP contribution in [0.4, 0.5) is 0 Å². The molecular formula is C16H20N2O3. The fourth-order valence-corrected chi connectivity index (χ4v) is 3.23. The van der Waals surface area contributed by atoms with Crippen molar-refractivity contribution in [1.29, 1.82) is 0 Å². The molecule has 1 saturated heterocycles. The number of nitrogens with one attached hydrogen (secondary N) is 1. The minimum absolute atomic E-state index is 0.0375. The lowest BCUT2D eigenvalue weighted by Gasteiger charge is -2.35. The molecule has 0 aromatic heterocycles. The van der Waals surface area contributed by atoms with E-state index in [4.69, 9.17) is 5.11 Å². The van der Waals surface area contributed by atoms with Crippen LogP contribution in [-0.2, 0) is 22.6 Å². The number of hydrogen-bond donors (Lipinski definition) is 2. The fraction of sp³-hybridized carbons (Fsp3) is 0.500. The number of fused-ring (bicyclic) bond motifs is 1. The summed E-state index contributed by atoms with van der Waals surface area (Å²) in [6, 6.07) is 7.90. The third-order valence-electron chi connectivity index (χ3n) is 4.46. The maximum Gasteiger partial charge on any atom is 0.308 e. The number of rotatable bonds is 2. The molecule has 2 aliphatic rings. The van der Waals surface area contributed by atoms with Gasteiger partial charge in [-0.15, -0.1) is 0 Å². The highest BCUT2D eigenvalue weighted by Gasteiger charge is 2.33. The van der Waals surface area contributed by atoms with E-state index in [0.717, 1.165) is 6.42 Å². The van der Waals surface area contributed by atoms with Crippen LogP contribution in [0.1, 0.15) is 24.0 Å². The first-order valence-corrected chi connectivity index (χ1v) is 7.47. The molecule has 112 valence electrons. The SMILES string of the molecule is O=C(O)[C@@H]1CCCN(C(=O)[C@@H]2Cc3ccccc3CN2)C1. The van der Waals surface area contributed by atoms with Crippen molar-refractivity contribution >= 4 is 11.9 Å². The van der Waals surface area contributed by atoms with Gasteiger partial charge in [-0.25, -0.2) is 0 Å². The normalized spacial score (nSPS) is 25.2. The summed E-state index contributed by atoms with van der Waals surface area (Å²) in [6.45, 7) is 1.71. The van der Waals surface area contributed by atoms with Crippen molar-refractivity contribution in [2.24, 2.45) is 5.92 Å². The fourth-order valence-electron chi connectivity index (χ4n) is 3.23. The van der Waals surface area contributed by atoms with Crippen LogP contribution in [-0.4, -0.2) is 41.0 Å². The van der Waals surface area contributed by atoms with Crippen LogP contribution in [0.5, 0.6) is 0 Å². The van der Waals surface area contributed by atoms with E-state index in [2.05, 4.69) is 17.4 Å². The lowest BCUT2D eigenvalue weighted by molar-refractivity contribution is -0.146. The van der Waals surface area contributed by atoms with Gasteiger partial charge in [0.1, 0.15) is 0 Å². The molecule has 1 aromatic carbocycles. The minimum Gasteiger partial charge on any atom is -0.481 e. The first-order valence-electron chi connectivity index (χ1n) is 7.47. The smallest absolute Gasteiger partial charge is 0.308 e. The van der Waals surface area contributed by atoms with Crippen LogP contribution < -0.4 is 5.32 Å². The molecule has 2 atom stereocenters. The van der Waals surface area contributed by atoms with Crippen molar-refractivity contribution in [1.82, 2.24) is 10.2 Å². The van der Waals surface area contributed by atoms with Crippen LogP contribution in [0.2, 0.25) is 0 Å². The van der Waals surface area contributed by atoms with Gasteiger partial charge >= 0.3 is 5.97 Å². The number of carbonyl (C=O) groups is 2. The zero-order chi connectivity index (χ0) is 14.8. The van der Waals surface area contributed by atoms with E-state index in [-0.39, 0.29) is 11.9 Å². The van der Waals surface area contributed by atoms with Gasteiger partial charge in [-0.1, -0.05) is 24.3 Å². The summed E-state index contributed by atoms with van der Waals surface area (Å²) in [7, 11) is 0. The molecule has 1 amide bonds. The second kappa shape index (κ2) is 5.85. The third kappa shape index (κ3) is 2.93. The van der Waals surface area contributed by atoms with Gasteiger partial charge in [0.15, 0.2) is 0 Å². The molecule has 1 fully saturated rings. The lowest BCUT2D eigenvalue weighted by Crippen LogP contribution is -2.52. The summed E-state index contributed by atoms with van der Waals surface area (Å²) in [6.07, 6.45) is 2.12. The van der Waals surface area contributed by atoms with Crippen LogP contribution in [0.25, 0.3) is 0 Å². The Kier molecular flexibility index (Phi) is 3.92. The van der Waals surface area contributed by atoms with Crippen LogP contribution in [0.3, 0.4) is 0 Å². The van der Waals surface area contributed by atoms with Gasteiger partial charge in [-0.2, -0.15) is 0 Å². The first kappa shape index (κ1) is 14.1. The lowest BCUT2D eigenvalue weighted by atomic mass is 9.93. The minimum atomic E-state index is -0.797. The maximum atomic E-state index is 12.6. The van der Waals surface area contributed by atoms with Crippen molar-refractivity contribution in [2.75, 3.05) is 13.1 Å². The molecule has 2 heterocycles. The molecule has 0 radical (unpaired) electrons. The Morgan fingerprint density at radius 1 is 1.24 bits per heavy atom. The standard InChI is InChI=1S/C16H20N2O3/c19-15(18-7-3-6-13(10-18)16(20)21)14-8-11-4-1-2-5-12(11)9-17-14/h1-2,4-5,13-14,17H,3,6-10H2,(H,20,21)/t13-,14+/m1/s1. The molecule has 2 N–H and O–H groups in total. The van der Waals surface area contributed by atoms with Crippen molar-refractivity contribution in [3.63, 3.8) is 0 Å². The van der Waals surface area contributed by atoms with Crippen LogP contribution in [0, 0.1) is 5.92 Å². The third-order valence-corrected chi connectivity index (χ3v) is 4.46. The zero-order valence-electron chi connectivity index (χ0n) is 11.9. The Morgan fingerprint density at radius 3 is 2.76 bits per heavy atom. The molecule has 2 aliphatic heterocycles. The average molecular weight is 288 g/mol. The first-order chi connectivity index (χ1) is 10.1. The number of amides is 1. The van der Waals surface area contributed by atoms with Gasteiger partial charge in [-0.05, 0) is 30.4 Å². The van der Waals surface area contributed by atoms with Crippen LogP contribution >= 0.6 is 0 Å². The largest absolute Gasteiger partial charge is 0.481 e. The Labute approximate surface area is 123 Å².